The molecule has 5 heteroatoms. The molecule has 0 amide bonds. The molecule has 2 rings (SSSR count). The van der Waals surface area contributed by atoms with Crippen LogP contribution in [0.2, 0.25) is 0 Å². The first-order valence-electron chi connectivity index (χ1n) is 8.41. The number of esters is 2. The molecule has 0 saturated heterocycles. The van der Waals surface area contributed by atoms with E-state index in [1.165, 1.54) is 0 Å². The van der Waals surface area contributed by atoms with Gasteiger partial charge < -0.3 is 9.47 Å². The van der Waals surface area contributed by atoms with Crippen molar-refractivity contribution >= 4 is 17.7 Å². The molecule has 3 unspecified atom stereocenters. The molecular weight excluding hydrogens is 306 g/mol. The van der Waals surface area contributed by atoms with Crippen LogP contribution in [0, 0.1) is 5.92 Å². The minimum Gasteiger partial charge on any atom is -0.465 e. The maximum Gasteiger partial charge on any atom is 0.318 e. The number of rotatable bonds is 5. The fourth-order valence-corrected chi connectivity index (χ4v) is 3.37. The van der Waals surface area contributed by atoms with Crippen LogP contribution in [0.25, 0.3) is 0 Å². The van der Waals surface area contributed by atoms with Gasteiger partial charge in [-0.05, 0) is 39.7 Å². The molecule has 1 aromatic rings. The first kappa shape index (κ1) is 18.2. The SMILES string of the molecule is CCOC(=O)C1CC(C(=O)OCC)(c2ccccc2)C(C)N=C1C. The first-order valence-corrected chi connectivity index (χ1v) is 8.41. The van der Waals surface area contributed by atoms with Gasteiger partial charge in [-0.2, -0.15) is 0 Å². The van der Waals surface area contributed by atoms with E-state index in [0.29, 0.717) is 18.7 Å². The van der Waals surface area contributed by atoms with Crippen molar-refractivity contribution in [3.63, 3.8) is 0 Å². The number of carbonyl (C=O) groups is 2. The minimum absolute atomic E-state index is 0.285. The summed E-state index contributed by atoms with van der Waals surface area (Å²) in [5.41, 5.74) is 0.548. The zero-order chi connectivity index (χ0) is 17.7. The van der Waals surface area contributed by atoms with Crippen LogP contribution in [-0.2, 0) is 24.5 Å². The van der Waals surface area contributed by atoms with Crippen LogP contribution in [0.3, 0.4) is 0 Å². The van der Waals surface area contributed by atoms with Crippen molar-refractivity contribution < 1.29 is 19.1 Å². The van der Waals surface area contributed by atoms with E-state index in [9.17, 15) is 9.59 Å². The zero-order valence-electron chi connectivity index (χ0n) is 14.7. The Labute approximate surface area is 143 Å². The van der Waals surface area contributed by atoms with E-state index in [-0.39, 0.29) is 24.6 Å². The quantitative estimate of drug-likeness (QED) is 0.778. The third-order valence-electron chi connectivity index (χ3n) is 4.64. The van der Waals surface area contributed by atoms with Crippen molar-refractivity contribution in [2.24, 2.45) is 10.9 Å². The molecule has 0 N–H and O–H groups in total. The molecule has 1 heterocycles. The summed E-state index contributed by atoms with van der Waals surface area (Å²) >= 11 is 0. The summed E-state index contributed by atoms with van der Waals surface area (Å²) in [5.74, 6) is -1.21. The van der Waals surface area contributed by atoms with Crippen molar-refractivity contribution in [3.8, 4) is 0 Å². The monoisotopic (exact) mass is 331 g/mol. The van der Waals surface area contributed by atoms with E-state index in [2.05, 4.69) is 4.99 Å². The Morgan fingerprint density at radius 1 is 1.17 bits per heavy atom. The summed E-state index contributed by atoms with van der Waals surface area (Å²) in [7, 11) is 0. The molecule has 0 saturated carbocycles. The molecule has 0 fully saturated rings. The standard InChI is InChI=1S/C19H25NO4/c1-5-23-17(21)16-12-19(18(22)24-6-2,14(4)20-13(16)3)15-10-8-7-9-11-15/h7-11,14,16H,5-6,12H2,1-4H3. The van der Waals surface area contributed by atoms with Crippen molar-refractivity contribution in [2.75, 3.05) is 13.2 Å². The van der Waals surface area contributed by atoms with E-state index < -0.39 is 11.3 Å². The molecule has 5 nitrogen and oxygen atoms in total. The summed E-state index contributed by atoms with van der Waals surface area (Å²) < 4.78 is 10.6. The lowest BCUT2D eigenvalue weighted by molar-refractivity contribution is -0.154. The minimum atomic E-state index is -0.978. The van der Waals surface area contributed by atoms with Gasteiger partial charge in [0.2, 0.25) is 0 Å². The van der Waals surface area contributed by atoms with Gasteiger partial charge in [0.25, 0.3) is 0 Å². The number of carbonyl (C=O) groups excluding carboxylic acids is 2. The Kier molecular flexibility index (Phi) is 5.75. The normalized spacial score (nSPS) is 26.4. The number of hydrogen-bond donors (Lipinski definition) is 0. The number of ether oxygens (including phenoxy) is 2. The molecule has 130 valence electrons. The fourth-order valence-electron chi connectivity index (χ4n) is 3.37. The van der Waals surface area contributed by atoms with Gasteiger partial charge in [-0.25, -0.2) is 0 Å². The average Bonchev–Trinajstić information content (AvgIpc) is 2.56. The van der Waals surface area contributed by atoms with E-state index in [1.54, 1.807) is 13.8 Å². The van der Waals surface area contributed by atoms with Crippen LogP contribution >= 0.6 is 0 Å². The fraction of sp³-hybridized carbons (Fsp3) is 0.526. The molecule has 0 spiro atoms. The van der Waals surface area contributed by atoms with Gasteiger partial charge in [-0.15, -0.1) is 0 Å². The van der Waals surface area contributed by atoms with E-state index in [1.807, 2.05) is 44.2 Å². The van der Waals surface area contributed by atoms with Gasteiger partial charge in [0.1, 0.15) is 5.41 Å². The molecule has 1 aliphatic rings. The summed E-state index contributed by atoms with van der Waals surface area (Å²) in [6, 6.07) is 9.14. The molecule has 0 radical (unpaired) electrons. The molecule has 0 aliphatic carbocycles. The smallest absolute Gasteiger partial charge is 0.318 e. The van der Waals surface area contributed by atoms with Crippen molar-refractivity contribution in [2.45, 2.75) is 45.6 Å². The Morgan fingerprint density at radius 3 is 2.38 bits per heavy atom. The maximum atomic E-state index is 12.9. The Bertz CT molecular complexity index is 626. The van der Waals surface area contributed by atoms with Crippen LogP contribution in [0.15, 0.2) is 35.3 Å². The maximum absolute atomic E-state index is 12.9. The van der Waals surface area contributed by atoms with Crippen LogP contribution < -0.4 is 0 Å². The lowest BCUT2D eigenvalue weighted by Gasteiger charge is -2.41. The van der Waals surface area contributed by atoms with E-state index >= 15 is 0 Å². The van der Waals surface area contributed by atoms with Gasteiger partial charge in [0.05, 0.1) is 25.2 Å². The Balaban J connectivity index is 2.53. The van der Waals surface area contributed by atoms with E-state index in [4.69, 9.17) is 9.47 Å². The number of nitrogens with zero attached hydrogens (tertiary/aromatic N) is 1. The Hall–Kier alpha value is -2.17. The second kappa shape index (κ2) is 7.60. The predicted molar refractivity (Wildman–Crippen MR) is 92.1 cm³/mol. The first-order chi connectivity index (χ1) is 11.5. The average molecular weight is 331 g/mol. The molecule has 1 aliphatic heterocycles. The van der Waals surface area contributed by atoms with E-state index in [0.717, 1.165) is 5.56 Å². The van der Waals surface area contributed by atoms with Crippen molar-refractivity contribution in [1.29, 1.82) is 0 Å². The summed E-state index contributed by atoms with van der Waals surface area (Å²) in [6.45, 7) is 7.85. The van der Waals surface area contributed by atoms with Crippen molar-refractivity contribution in [1.82, 2.24) is 0 Å². The van der Waals surface area contributed by atoms with Crippen LogP contribution in [0.4, 0.5) is 0 Å². The van der Waals surface area contributed by atoms with Gasteiger partial charge >= 0.3 is 11.9 Å². The Morgan fingerprint density at radius 2 is 1.79 bits per heavy atom. The molecule has 1 aromatic carbocycles. The highest BCUT2D eigenvalue weighted by atomic mass is 16.5. The largest absolute Gasteiger partial charge is 0.465 e. The van der Waals surface area contributed by atoms with Gasteiger partial charge in [0.15, 0.2) is 0 Å². The number of benzene rings is 1. The summed E-state index contributed by atoms with van der Waals surface area (Å²) in [6.07, 6.45) is 0.311. The zero-order valence-corrected chi connectivity index (χ0v) is 14.7. The van der Waals surface area contributed by atoms with Crippen molar-refractivity contribution in [3.05, 3.63) is 35.9 Å². The lowest BCUT2D eigenvalue weighted by atomic mass is 9.66. The van der Waals surface area contributed by atoms with Gasteiger partial charge in [-0.3, -0.25) is 14.6 Å². The lowest BCUT2D eigenvalue weighted by Crippen LogP contribution is -2.52. The molecular formula is C19H25NO4. The summed E-state index contributed by atoms with van der Waals surface area (Å²) in [5, 5.41) is 0. The topological polar surface area (TPSA) is 65.0 Å². The third kappa shape index (κ3) is 3.21. The molecule has 24 heavy (non-hydrogen) atoms. The highest BCUT2D eigenvalue weighted by molar-refractivity contribution is 6.03. The summed E-state index contributed by atoms with van der Waals surface area (Å²) in [4.78, 5) is 29.9. The van der Waals surface area contributed by atoms with Crippen LogP contribution in [-0.4, -0.2) is 36.9 Å². The second-order valence-electron chi connectivity index (χ2n) is 6.01. The van der Waals surface area contributed by atoms with Gasteiger partial charge in [0, 0.05) is 5.71 Å². The number of hydrogen-bond acceptors (Lipinski definition) is 5. The molecule has 0 bridgehead atoms. The molecule has 3 atom stereocenters. The molecule has 0 aromatic heterocycles. The van der Waals surface area contributed by atoms with Crippen LogP contribution in [0.1, 0.15) is 39.7 Å². The van der Waals surface area contributed by atoms with Crippen LogP contribution in [0.5, 0.6) is 0 Å². The predicted octanol–water partition coefficient (Wildman–Crippen LogP) is 2.92. The number of aliphatic imine (C=N–C) groups is 1. The highest BCUT2D eigenvalue weighted by Crippen LogP contribution is 2.41. The van der Waals surface area contributed by atoms with Gasteiger partial charge in [-0.1, -0.05) is 30.3 Å². The highest BCUT2D eigenvalue weighted by Gasteiger charge is 2.52. The third-order valence-corrected chi connectivity index (χ3v) is 4.64. The second-order valence-corrected chi connectivity index (χ2v) is 6.01.